The standard InChI is InChI=1S/C25H28ClFN6O/c1-2-23(34)33-10-8-32(9-11-33)18-5-3-4-17(13-18)30-25-29-15-21(26)24(31-25)20-14-28-22-7-6-16(27)12-19(20)22/h2,6-7,12,14-15,17-18,28H,1,3-5,8-11,13H2,(H,29,30,31)/t17-,18+/m1/s1. The van der Waals surface area contributed by atoms with Gasteiger partial charge in [0.2, 0.25) is 11.9 Å². The van der Waals surface area contributed by atoms with Gasteiger partial charge in [-0.2, -0.15) is 0 Å². The van der Waals surface area contributed by atoms with Gasteiger partial charge < -0.3 is 15.2 Å². The molecule has 3 heterocycles. The molecule has 1 amide bonds. The fourth-order valence-corrected chi connectivity index (χ4v) is 5.35. The van der Waals surface area contributed by atoms with Crippen molar-refractivity contribution < 1.29 is 9.18 Å². The molecule has 0 spiro atoms. The van der Waals surface area contributed by atoms with Crippen LogP contribution in [0.1, 0.15) is 25.7 Å². The molecule has 5 rings (SSSR count). The normalized spacial score (nSPS) is 21.5. The monoisotopic (exact) mass is 482 g/mol. The largest absolute Gasteiger partial charge is 0.360 e. The van der Waals surface area contributed by atoms with Gasteiger partial charge in [-0.25, -0.2) is 14.4 Å². The van der Waals surface area contributed by atoms with Crippen molar-refractivity contribution >= 4 is 34.4 Å². The summed E-state index contributed by atoms with van der Waals surface area (Å²) in [5.74, 6) is 0.230. The molecule has 1 saturated carbocycles. The molecule has 2 fully saturated rings. The molecular formula is C25H28ClFN6O. The highest BCUT2D eigenvalue weighted by atomic mass is 35.5. The maximum atomic E-state index is 13.8. The third-order valence-electron chi connectivity index (χ3n) is 6.94. The van der Waals surface area contributed by atoms with E-state index in [1.807, 2.05) is 4.90 Å². The summed E-state index contributed by atoms with van der Waals surface area (Å²) < 4.78 is 13.8. The van der Waals surface area contributed by atoms with Crippen LogP contribution in [-0.2, 0) is 4.79 Å². The lowest BCUT2D eigenvalue weighted by atomic mass is 9.89. The molecule has 1 saturated heterocycles. The number of rotatable bonds is 5. The number of H-pyrrole nitrogens is 1. The van der Waals surface area contributed by atoms with Gasteiger partial charge in [0, 0.05) is 60.9 Å². The van der Waals surface area contributed by atoms with Crippen LogP contribution in [0.5, 0.6) is 0 Å². The molecule has 0 unspecified atom stereocenters. The molecule has 2 N–H and O–H groups in total. The molecule has 2 aliphatic rings. The fraction of sp³-hybridized carbons (Fsp3) is 0.400. The summed E-state index contributed by atoms with van der Waals surface area (Å²) in [6.45, 7) is 6.85. The summed E-state index contributed by atoms with van der Waals surface area (Å²) in [6.07, 6.45) is 9.11. The minimum absolute atomic E-state index is 0.0106. The quantitative estimate of drug-likeness (QED) is 0.525. The average Bonchev–Trinajstić information content (AvgIpc) is 3.28. The van der Waals surface area contributed by atoms with Gasteiger partial charge in [0.05, 0.1) is 16.9 Å². The van der Waals surface area contributed by atoms with Crippen LogP contribution in [0.15, 0.2) is 43.2 Å². The van der Waals surface area contributed by atoms with Crippen LogP contribution in [0.4, 0.5) is 10.3 Å². The maximum absolute atomic E-state index is 13.8. The molecule has 178 valence electrons. The lowest BCUT2D eigenvalue weighted by molar-refractivity contribution is -0.128. The SMILES string of the molecule is C=CC(=O)N1CCN([C@H]2CCC[C@@H](Nc3ncc(Cl)c(-c4c[nH]c5ccc(F)cc45)n3)C2)CC1. The van der Waals surface area contributed by atoms with Crippen molar-refractivity contribution in [3.05, 3.63) is 54.1 Å². The van der Waals surface area contributed by atoms with Gasteiger partial charge in [-0.1, -0.05) is 18.2 Å². The van der Waals surface area contributed by atoms with Crippen LogP contribution in [-0.4, -0.2) is 68.9 Å². The lowest BCUT2D eigenvalue weighted by Gasteiger charge is -2.42. The highest BCUT2D eigenvalue weighted by Gasteiger charge is 2.30. The lowest BCUT2D eigenvalue weighted by Crippen LogP contribution is -2.53. The first-order chi connectivity index (χ1) is 16.5. The van der Waals surface area contributed by atoms with Crippen molar-refractivity contribution in [2.24, 2.45) is 0 Å². The van der Waals surface area contributed by atoms with Crippen LogP contribution in [0.3, 0.4) is 0 Å². The van der Waals surface area contributed by atoms with E-state index in [-0.39, 0.29) is 17.8 Å². The first kappa shape index (κ1) is 22.8. The number of aromatic nitrogens is 3. The van der Waals surface area contributed by atoms with Gasteiger partial charge in [-0.3, -0.25) is 9.69 Å². The highest BCUT2D eigenvalue weighted by Crippen LogP contribution is 2.33. The number of benzene rings is 1. The second kappa shape index (κ2) is 9.72. The average molecular weight is 483 g/mol. The zero-order valence-corrected chi connectivity index (χ0v) is 19.7. The van der Waals surface area contributed by atoms with Crippen LogP contribution in [0, 0.1) is 5.82 Å². The number of anilines is 1. The third kappa shape index (κ3) is 4.65. The number of aromatic amines is 1. The summed E-state index contributed by atoms with van der Waals surface area (Å²) in [5, 5.41) is 4.66. The molecule has 0 radical (unpaired) electrons. The number of hydrogen-bond acceptors (Lipinski definition) is 5. The molecule has 2 atom stereocenters. The molecule has 1 aromatic carbocycles. The fourth-order valence-electron chi connectivity index (χ4n) is 5.16. The summed E-state index contributed by atoms with van der Waals surface area (Å²) in [4.78, 5) is 28.5. The van der Waals surface area contributed by atoms with Gasteiger partial charge in [0.15, 0.2) is 0 Å². The summed E-state index contributed by atoms with van der Waals surface area (Å²) in [7, 11) is 0. The Labute approximate surface area is 203 Å². The summed E-state index contributed by atoms with van der Waals surface area (Å²) in [5.41, 5.74) is 2.15. The Morgan fingerprint density at radius 1 is 1.26 bits per heavy atom. The zero-order chi connectivity index (χ0) is 23.7. The Bertz CT molecular complexity index is 1210. The van der Waals surface area contributed by atoms with Crippen LogP contribution in [0.2, 0.25) is 5.02 Å². The second-order valence-corrected chi connectivity index (χ2v) is 9.42. The Hall–Kier alpha value is -2.97. The Morgan fingerprint density at radius 2 is 2.09 bits per heavy atom. The molecule has 34 heavy (non-hydrogen) atoms. The molecule has 9 heteroatoms. The van der Waals surface area contributed by atoms with Crippen molar-refractivity contribution in [1.82, 2.24) is 24.8 Å². The van der Waals surface area contributed by atoms with Gasteiger partial charge in [-0.05, 0) is 50.0 Å². The van der Waals surface area contributed by atoms with Gasteiger partial charge in [0.1, 0.15) is 5.82 Å². The van der Waals surface area contributed by atoms with E-state index in [2.05, 4.69) is 26.8 Å². The topological polar surface area (TPSA) is 77.2 Å². The number of fused-ring (bicyclic) bond motifs is 1. The van der Waals surface area contributed by atoms with Gasteiger partial charge >= 0.3 is 0 Å². The van der Waals surface area contributed by atoms with Crippen LogP contribution in [0.25, 0.3) is 22.2 Å². The van der Waals surface area contributed by atoms with Gasteiger partial charge in [0.25, 0.3) is 0 Å². The number of carbonyl (C=O) groups is 1. The number of hydrogen-bond donors (Lipinski definition) is 2. The highest BCUT2D eigenvalue weighted by molar-refractivity contribution is 6.33. The number of amides is 1. The van der Waals surface area contributed by atoms with E-state index in [9.17, 15) is 9.18 Å². The second-order valence-electron chi connectivity index (χ2n) is 9.01. The van der Waals surface area contributed by atoms with E-state index in [1.165, 1.54) is 18.2 Å². The number of piperazine rings is 1. The Balaban J connectivity index is 1.28. The minimum Gasteiger partial charge on any atom is -0.360 e. The van der Waals surface area contributed by atoms with Crippen molar-refractivity contribution in [2.45, 2.75) is 37.8 Å². The van der Waals surface area contributed by atoms with Gasteiger partial charge in [-0.15, -0.1) is 0 Å². The number of carbonyl (C=O) groups excluding carboxylic acids is 1. The predicted molar refractivity (Wildman–Crippen MR) is 132 cm³/mol. The van der Waals surface area contributed by atoms with Crippen molar-refractivity contribution in [3.8, 4) is 11.3 Å². The summed E-state index contributed by atoms with van der Waals surface area (Å²) in [6, 6.07) is 5.34. The van der Waals surface area contributed by atoms with E-state index in [0.29, 0.717) is 22.7 Å². The Kier molecular flexibility index (Phi) is 6.52. The molecule has 7 nitrogen and oxygen atoms in total. The Morgan fingerprint density at radius 3 is 2.88 bits per heavy atom. The summed E-state index contributed by atoms with van der Waals surface area (Å²) >= 11 is 6.44. The number of halogens is 2. The van der Waals surface area contributed by atoms with Crippen LogP contribution < -0.4 is 5.32 Å². The molecular weight excluding hydrogens is 455 g/mol. The first-order valence-corrected chi connectivity index (χ1v) is 12.1. The first-order valence-electron chi connectivity index (χ1n) is 11.7. The maximum Gasteiger partial charge on any atom is 0.246 e. The van der Waals surface area contributed by atoms with E-state index in [4.69, 9.17) is 16.6 Å². The van der Waals surface area contributed by atoms with E-state index >= 15 is 0 Å². The van der Waals surface area contributed by atoms with E-state index in [0.717, 1.165) is 68.3 Å². The molecule has 1 aliphatic heterocycles. The zero-order valence-electron chi connectivity index (χ0n) is 18.9. The van der Waals surface area contributed by atoms with Crippen molar-refractivity contribution in [2.75, 3.05) is 31.5 Å². The number of nitrogens with zero attached hydrogens (tertiary/aromatic N) is 4. The third-order valence-corrected chi connectivity index (χ3v) is 7.22. The van der Waals surface area contributed by atoms with E-state index < -0.39 is 0 Å². The molecule has 0 bridgehead atoms. The number of nitrogens with one attached hydrogen (secondary N) is 2. The molecule has 2 aromatic heterocycles. The van der Waals surface area contributed by atoms with Crippen molar-refractivity contribution in [1.29, 1.82) is 0 Å². The van der Waals surface area contributed by atoms with E-state index in [1.54, 1.807) is 18.5 Å². The van der Waals surface area contributed by atoms with Crippen LogP contribution >= 0.6 is 11.6 Å². The minimum atomic E-state index is -0.306. The predicted octanol–water partition coefficient (Wildman–Crippen LogP) is 4.47. The van der Waals surface area contributed by atoms with Crippen molar-refractivity contribution in [3.63, 3.8) is 0 Å². The molecule has 1 aliphatic carbocycles. The smallest absolute Gasteiger partial charge is 0.246 e. The molecule has 3 aromatic rings.